The van der Waals surface area contributed by atoms with Gasteiger partial charge >= 0.3 is 0 Å². The van der Waals surface area contributed by atoms with Gasteiger partial charge in [0.05, 0.1) is 6.61 Å². The molecule has 0 spiro atoms. The molecule has 0 aromatic carbocycles. The zero-order valence-corrected chi connectivity index (χ0v) is 11.1. The molecule has 3 atom stereocenters. The van der Waals surface area contributed by atoms with Gasteiger partial charge in [-0.25, -0.2) is 0 Å². The van der Waals surface area contributed by atoms with Crippen molar-refractivity contribution in [1.82, 2.24) is 9.80 Å². The summed E-state index contributed by atoms with van der Waals surface area (Å²) in [5.74, 6) is 0.783. The number of fused-ring (bicyclic) bond motifs is 1. The minimum atomic E-state index is 0.724. The van der Waals surface area contributed by atoms with E-state index in [-0.39, 0.29) is 0 Å². The van der Waals surface area contributed by atoms with E-state index < -0.39 is 0 Å². The number of piperidine rings is 1. The first-order valence-corrected chi connectivity index (χ1v) is 7.40. The van der Waals surface area contributed by atoms with Gasteiger partial charge in [-0.15, -0.1) is 0 Å². The summed E-state index contributed by atoms with van der Waals surface area (Å²) >= 11 is 0. The average molecular weight is 238 g/mol. The number of hydrogen-bond donors (Lipinski definition) is 0. The summed E-state index contributed by atoms with van der Waals surface area (Å²) in [5, 5.41) is 0. The molecule has 0 aromatic heterocycles. The Kier molecular flexibility index (Phi) is 3.69. The number of ether oxygens (including phenoxy) is 1. The van der Waals surface area contributed by atoms with Crippen LogP contribution < -0.4 is 0 Å². The Labute approximate surface area is 105 Å². The molecule has 0 bridgehead atoms. The molecule has 98 valence electrons. The molecule has 3 aliphatic rings. The second-order valence-electron chi connectivity index (χ2n) is 6.04. The van der Waals surface area contributed by atoms with E-state index in [0.717, 1.165) is 31.2 Å². The molecule has 0 radical (unpaired) electrons. The van der Waals surface area contributed by atoms with Crippen molar-refractivity contribution in [2.75, 3.05) is 39.4 Å². The second kappa shape index (κ2) is 5.25. The molecule has 0 aromatic rings. The van der Waals surface area contributed by atoms with Crippen LogP contribution in [0.25, 0.3) is 0 Å². The Hall–Kier alpha value is -0.120. The molecule has 0 saturated carbocycles. The van der Waals surface area contributed by atoms with Crippen LogP contribution in [0.4, 0.5) is 0 Å². The van der Waals surface area contributed by atoms with Gasteiger partial charge in [-0.05, 0) is 38.6 Å². The molecule has 3 fully saturated rings. The fraction of sp³-hybridized carbons (Fsp3) is 1.00. The normalized spacial score (nSPS) is 37.9. The highest BCUT2D eigenvalue weighted by molar-refractivity contribution is 4.89. The molecular formula is C14H26N2O. The zero-order chi connectivity index (χ0) is 11.7. The Bertz CT molecular complexity index is 253. The van der Waals surface area contributed by atoms with Crippen LogP contribution >= 0.6 is 0 Å². The number of rotatable bonds is 2. The number of hydrogen-bond acceptors (Lipinski definition) is 3. The van der Waals surface area contributed by atoms with Crippen molar-refractivity contribution in [1.29, 1.82) is 0 Å². The van der Waals surface area contributed by atoms with Crippen LogP contribution in [-0.2, 0) is 4.74 Å². The summed E-state index contributed by atoms with van der Waals surface area (Å²) in [6, 6.07) is 1.57. The Morgan fingerprint density at radius 1 is 1.12 bits per heavy atom. The minimum Gasteiger partial charge on any atom is -0.381 e. The quantitative estimate of drug-likeness (QED) is 0.726. The molecule has 3 heterocycles. The van der Waals surface area contributed by atoms with Gasteiger partial charge in [-0.1, -0.05) is 6.42 Å². The minimum absolute atomic E-state index is 0.724. The summed E-state index contributed by atoms with van der Waals surface area (Å²) in [6.07, 6.45) is 5.55. The molecule has 3 saturated heterocycles. The van der Waals surface area contributed by atoms with Crippen LogP contribution in [0.5, 0.6) is 0 Å². The zero-order valence-electron chi connectivity index (χ0n) is 11.1. The topological polar surface area (TPSA) is 15.7 Å². The van der Waals surface area contributed by atoms with Gasteiger partial charge in [0.25, 0.3) is 0 Å². The predicted octanol–water partition coefficient (Wildman–Crippen LogP) is 1.58. The molecule has 3 aliphatic heterocycles. The first-order chi connectivity index (χ1) is 8.34. The lowest BCUT2D eigenvalue weighted by molar-refractivity contribution is 0.0157. The molecule has 3 unspecified atom stereocenters. The van der Waals surface area contributed by atoms with E-state index in [1.165, 1.54) is 51.9 Å². The van der Waals surface area contributed by atoms with Crippen LogP contribution in [0.15, 0.2) is 0 Å². The lowest BCUT2D eigenvalue weighted by Gasteiger charge is -2.46. The SMILES string of the molecule is CC(C1CCOC1)N1CCN2CCCCC2C1. The monoisotopic (exact) mass is 238 g/mol. The molecule has 0 aliphatic carbocycles. The van der Waals surface area contributed by atoms with E-state index >= 15 is 0 Å². The van der Waals surface area contributed by atoms with Gasteiger partial charge in [-0.3, -0.25) is 9.80 Å². The Balaban J connectivity index is 1.57. The van der Waals surface area contributed by atoms with Gasteiger partial charge in [0, 0.05) is 38.3 Å². The van der Waals surface area contributed by atoms with E-state index in [0.29, 0.717) is 0 Å². The van der Waals surface area contributed by atoms with Gasteiger partial charge in [-0.2, -0.15) is 0 Å². The highest BCUT2D eigenvalue weighted by Gasteiger charge is 2.34. The van der Waals surface area contributed by atoms with Crippen molar-refractivity contribution in [2.24, 2.45) is 5.92 Å². The number of nitrogens with zero attached hydrogens (tertiary/aromatic N) is 2. The lowest BCUT2D eigenvalue weighted by Crippen LogP contribution is -2.57. The van der Waals surface area contributed by atoms with Crippen LogP contribution in [0, 0.1) is 5.92 Å². The fourth-order valence-corrected chi connectivity index (χ4v) is 3.78. The van der Waals surface area contributed by atoms with Crippen LogP contribution in [0.3, 0.4) is 0 Å². The van der Waals surface area contributed by atoms with E-state index in [9.17, 15) is 0 Å². The third-order valence-corrected chi connectivity index (χ3v) is 5.09. The smallest absolute Gasteiger partial charge is 0.0509 e. The molecule has 0 N–H and O–H groups in total. The van der Waals surface area contributed by atoms with Crippen LogP contribution in [0.2, 0.25) is 0 Å². The van der Waals surface area contributed by atoms with Crippen molar-refractivity contribution >= 4 is 0 Å². The predicted molar refractivity (Wildman–Crippen MR) is 69.2 cm³/mol. The maximum Gasteiger partial charge on any atom is 0.0509 e. The van der Waals surface area contributed by atoms with E-state index in [4.69, 9.17) is 4.74 Å². The highest BCUT2D eigenvalue weighted by Crippen LogP contribution is 2.26. The highest BCUT2D eigenvalue weighted by atomic mass is 16.5. The average Bonchev–Trinajstić information content (AvgIpc) is 2.91. The van der Waals surface area contributed by atoms with E-state index in [1.807, 2.05) is 0 Å². The maximum atomic E-state index is 5.54. The van der Waals surface area contributed by atoms with Crippen LogP contribution in [-0.4, -0.2) is 61.3 Å². The van der Waals surface area contributed by atoms with Crippen molar-refractivity contribution in [3.05, 3.63) is 0 Å². The van der Waals surface area contributed by atoms with Crippen molar-refractivity contribution in [2.45, 2.75) is 44.7 Å². The van der Waals surface area contributed by atoms with Crippen molar-refractivity contribution in [3.8, 4) is 0 Å². The standard InChI is InChI=1S/C14H26N2O/c1-12(13-5-9-17-11-13)16-8-7-15-6-3-2-4-14(15)10-16/h12-14H,2-11H2,1H3. The second-order valence-corrected chi connectivity index (χ2v) is 6.04. The van der Waals surface area contributed by atoms with Crippen molar-refractivity contribution < 1.29 is 4.74 Å². The third kappa shape index (κ3) is 2.51. The molecule has 3 rings (SSSR count). The van der Waals surface area contributed by atoms with Gasteiger partial charge in [0.2, 0.25) is 0 Å². The van der Waals surface area contributed by atoms with Crippen LogP contribution in [0.1, 0.15) is 32.6 Å². The third-order valence-electron chi connectivity index (χ3n) is 5.09. The molecular weight excluding hydrogens is 212 g/mol. The molecule has 17 heavy (non-hydrogen) atoms. The molecule has 3 heteroatoms. The Morgan fingerprint density at radius 3 is 2.88 bits per heavy atom. The first kappa shape index (κ1) is 11.9. The summed E-state index contributed by atoms with van der Waals surface area (Å²) in [5.41, 5.74) is 0. The summed E-state index contributed by atoms with van der Waals surface area (Å²) in [4.78, 5) is 5.45. The summed E-state index contributed by atoms with van der Waals surface area (Å²) < 4.78 is 5.54. The maximum absolute atomic E-state index is 5.54. The largest absolute Gasteiger partial charge is 0.381 e. The summed E-state index contributed by atoms with van der Waals surface area (Å²) in [7, 11) is 0. The number of piperazine rings is 1. The molecule has 3 nitrogen and oxygen atoms in total. The van der Waals surface area contributed by atoms with Gasteiger partial charge in [0.1, 0.15) is 0 Å². The fourth-order valence-electron chi connectivity index (χ4n) is 3.78. The molecule has 0 amide bonds. The van der Waals surface area contributed by atoms with Gasteiger partial charge < -0.3 is 4.74 Å². The van der Waals surface area contributed by atoms with E-state index in [2.05, 4.69) is 16.7 Å². The summed E-state index contributed by atoms with van der Waals surface area (Å²) in [6.45, 7) is 9.61. The lowest BCUT2D eigenvalue weighted by atomic mass is 9.94. The van der Waals surface area contributed by atoms with Crippen molar-refractivity contribution in [3.63, 3.8) is 0 Å². The van der Waals surface area contributed by atoms with Gasteiger partial charge in [0.15, 0.2) is 0 Å². The Morgan fingerprint density at radius 2 is 2.06 bits per heavy atom. The van der Waals surface area contributed by atoms with E-state index in [1.54, 1.807) is 0 Å². The first-order valence-electron chi connectivity index (χ1n) is 7.40.